The lowest BCUT2D eigenvalue weighted by Crippen LogP contribution is -3.27. The molecule has 0 unspecified atom stereocenters. The van der Waals surface area contributed by atoms with Crippen molar-refractivity contribution in [3.8, 4) is 17.2 Å². The molecule has 1 saturated heterocycles. The number of aromatic nitrogens is 1. The number of hydrogen-bond acceptors (Lipinski definition) is 4. The Kier molecular flexibility index (Phi) is 6.55. The molecule has 3 aromatic carbocycles. The molecule has 3 N–H and O–H groups in total. The van der Waals surface area contributed by atoms with Gasteiger partial charge in [-0.05, 0) is 48.9 Å². The first-order valence-electron chi connectivity index (χ1n) is 13.0. The van der Waals surface area contributed by atoms with Crippen LogP contribution >= 0.6 is 0 Å². The molecule has 6 rings (SSSR count). The van der Waals surface area contributed by atoms with Crippen molar-refractivity contribution in [3.63, 3.8) is 0 Å². The quantitative estimate of drug-likeness (QED) is 0.362. The zero-order valence-electron chi connectivity index (χ0n) is 21.1. The molecule has 37 heavy (non-hydrogen) atoms. The molecule has 0 saturated carbocycles. The number of H-pyrrole nitrogens is 1. The normalized spacial score (nSPS) is 18.7. The van der Waals surface area contributed by atoms with Gasteiger partial charge in [-0.25, -0.2) is 0 Å². The van der Waals surface area contributed by atoms with Crippen molar-refractivity contribution in [1.29, 1.82) is 0 Å². The van der Waals surface area contributed by atoms with Gasteiger partial charge in [0, 0.05) is 22.2 Å². The second-order valence-corrected chi connectivity index (χ2v) is 10.1. The number of benzene rings is 3. The Morgan fingerprint density at radius 3 is 2.41 bits per heavy atom. The van der Waals surface area contributed by atoms with Crippen molar-refractivity contribution in [2.24, 2.45) is 0 Å². The maximum absolute atomic E-state index is 13.5. The van der Waals surface area contributed by atoms with Gasteiger partial charge in [0.15, 0.2) is 16.9 Å². The first kappa shape index (κ1) is 23.6. The summed E-state index contributed by atoms with van der Waals surface area (Å²) in [5.41, 5.74) is 5.17. The Morgan fingerprint density at radius 1 is 0.838 bits per heavy atom. The third kappa shape index (κ3) is 5.19. The van der Waals surface area contributed by atoms with Crippen molar-refractivity contribution in [1.82, 2.24) is 4.98 Å². The fourth-order valence-corrected chi connectivity index (χ4v) is 5.37. The van der Waals surface area contributed by atoms with Crippen LogP contribution < -0.4 is 29.4 Å². The Labute approximate surface area is 216 Å². The summed E-state index contributed by atoms with van der Waals surface area (Å²) in [5.74, 6) is 2.39. The summed E-state index contributed by atoms with van der Waals surface area (Å²) in [4.78, 5) is 20.0. The number of quaternary nitrogens is 2. The van der Waals surface area contributed by atoms with Gasteiger partial charge in [0.25, 0.3) is 0 Å². The molecule has 4 aromatic rings. The molecule has 0 atom stereocenters. The molecule has 0 spiro atoms. The number of ether oxygens (including phenoxy) is 3. The fourth-order valence-electron chi connectivity index (χ4n) is 5.37. The average Bonchev–Trinajstić information content (AvgIpc) is 3.40. The number of piperazine rings is 1. The van der Waals surface area contributed by atoms with Crippen LogP contribution in [0, 0.1) is 6.92 Å². The predicted octanol–water partition coefficient (Wildman–Crippen LogP) is 1.63. The summed E-state index contributed by atoms with van der Waals surface area (Å²) in [6, 6.07) is 22.1. The lowest BCUT2D eigenvalue weighted by molar-refractivity contribution is -1.02. The molecule has 7 nitrogen and oxygen atoms in total. The number of fused-ring (bicyclic) bond motifs is 2. The second kappa shape index (κ2) is 10.3. The molecule has 1 aromatic heterocycles. The van der Waals surface area contributed by atoms with Crippen molar-refractivity contribution >= 4 is 10.9 Å². The molecule has 2 aliphatic rings. The molecule has 0 bridgehead atoms. The number of aryl methyl sites for hydroxylation is 1. The van der Waals surface area contributed by atoms with Gasteiger partial charge in [-0.2, -0.15) is 0 Å². The van der Waals surface area contributed by atoms with Crippen LogP contribution in [0.5, 0.6) is 17.2 Å². The zero-order chi connectivity index (χ0) is 25.2. The van der Waals surface area contributed by atoms with Crippen LogP contribution in [-0.2, 0) is 19.7 Å². The van der Waals surface area contributed by atoms with Crippen molar-refractivity contribution in [2.75, 3.05) is 33.0 Å². The van der Waals surface area contributed by atoms with Crippen molar-refractivity contribution < 1.29 is 24.0 Å². The first-order valence-corrected chi connectivity index (χ1v) is 13.0. The minimum atomic E-state index is 0.110. The molecular weight excluding hydrogens is 466 g/mol. The Balaban J connectivity index is 1.11. The average molecular weight is 500 g/mol. The highest BCUT2D eigenvalue weighted by atomic mass is 16.7. The third-order valence-corrected chi connectivity index (χ3v) is 7.52. The van der Waals surface area contributed by atoms with E-state index >= 15 is 0 Å². The van der Waals surface area contributed by atoms with Gasteiger partial charge in [0.1, 0.15) is 51.6 Å². The monoisotopic (exact) mass is 499 g/mol. The van der Waals surface area contributed by atoms with Gasteiger partial charge in [0.2, 0.25) is 6.79 Å². The van der Waals surface area contributed by atoms with Crippen LogP contribution in [0.3, 0.4) is 0 Å². The smallest absolute Gasteiger partial charge is 0.231 e. The van der Waals surface area contributed by atoms with E-state index in [2.05, 4.69) is 17.1 Å². The maximum Gasteiger partial charge on any atom is 0.231 e. The Hall–Kier alpha value is -3.81. The van der Waals surface area contributed by atoms with Gasteiger partial charge in [0.05, 0.1) is 5.56 Å². The number of nitrogens with one attached hydrogen (secondary N) is 3. The molecule has 0 amide bonds. The Morgan fingerprint density at radius 2 is 1.59 bits per heavy atom. The fraction of sp³-hybridized carbons (Fsp3) is 0.300. The third-order valence-electron chi connectivity index (χ3n) is 7.52. The largest absolute Gasteiger partial charge is 0.489 e. The van der Waals surface area contributed by atoms with E-state index in [1.165, 1.54) is 10.5 Å². The summed E-state index contributed by atoms with van der Waals surface area (Å²) >= 11 is 0. The minimum Gasteiger partial charge on any atom is -0.489 e. The van der Waals surface area contributed by atoms with Crippen molar-refractivity contribution in [3.05, 3.63) is 99.3 Å². The summed E-state index contributed by atoms with van der Waals surface area (Å²) in [7, 11) is 0. The first-order chi connectivity index (χ1) is 18.1. The minimum absolute atomic E-state index is 0.110. The molecular formula is C30H33N3O4+2. The zero-order valence-corrected chi connectivity index (χ0v) is 21.1. The van der Waals surface area contributed by atoms with Gasteiger partial charge in [-0.3, -0.25) is 4.79 Å². The molecule has 0 aliphatic carbocycles. The molecule has 0 radical (unpaired) electrons. The summed E-state index contributed by atoms with van der Waals surface area (Å²) < 4.78 is 16.9. The lowest BCUT2D eigenvalue weighted by Gasteiger charge is -2.30. The van der Waals surface area contributed by atoms with E-state index in [9.17, 15) is 4.79 Å². The summed E-state index contributed by atoms with van der Waals surface area (Å²) in [6.45, 7) is 8.74. The van der Waals surface area contributed by atoms with Crippen LogP contribution in [0.4, 0.5) is 0 Å². The number of aromatic amines is 1. The highest BCUT2D eigenvalue weighted by Crippen LogP contribution is 2.32. The summed E-state index contributed by atoms with van der Waals surface area (Å²) in [6.07, 6.45) is 0. The van der Waals surface area contributed by atoms with Gasteiger partial charge < -0.3 is 29.0 Å². The molecule has 2 aliphatic heterocycles. The number of pyridine rings is 1. The molecule has 190 valence electrons. The van der Waals surface area contributed by atoms with E-state index in [0.29, 0.717) is 24.5 Å². The van der Waals surface area contributed by atoms with Crippen LogP contribution in [0.2, 0.25) is 0 Å². The van der Waals surface area contributed by atoms with Crippen LogP contribution in [0.15, 0.2) is 71.5 Å². The molecule has 7 heteroatoms. The van der Waals surface area contributed by atoms with E-state index in [4.69, 9.17) is 14.2 Å². The highest BCUT2D eigenvalue weighted by molar-refractivity contribution is 5.81. The van der Waals surface area contributed by atoms with E-state index in [1.54, 1.807) is 4.90 Å². The number of hydrogen-bond donors (Lipinski definition) is 3. The van der Waals surface area contributed by atoms with E-state index in [-0.39, 0.29) is 5.43 Å². The van der Waals surface area contributed by atoms with E-state index in [1.807, 2.05) is 61.5 Å². The molecule has 1 fully saturated rings. The highest BCUT2D eigenvalue weighted by Gasteiger charge is 2.26. The molecule has 3 heterocycles. The van der Waals surface area contributed by atoms with Gasteiger partial charge >= 0.3 is 0 Å². The Bertz CT molecular complexity index is 1460. The lowest BCUT2D eigenvalue weighted by atomic mass is 10.1. The topological polar surface area (TPSA) is 69.4 Å². The van der Waals surface area contributed by atoms with Gasteiger partial charge in [-0.1, -0.05) is 30.3 Å². The van der Waals surface area contributed by atoms with E-state index in [0.717, 1.165) is 73.1 Å². The van der Waals surface area contributed by atoms with Gasteiger partial charge in [-0.15, -0.1) is 0 Å². The predicted molar refractivity (Wildman–Crippen MR) is 141 cm³/mol. The number of rotatable bonds is 7. The van der Waals surface area contributed by atoms with Crippen LogP contribution in [0.1, 0.15) is 22.4 Å². The SMILES string of the molecule is Cc1[nH]c2ccc(OCc3ccccc3)cc2c(=O)c1C[NH+]1CC[NH+](Cc2ccc3c(c2)OCO3)CC1. The standard InChI is InChI=1S/C30H31N3O4/c1-21-26(18-33-13-11-32(12-14-33)17-23-7-10-28-29(15-23)37-20-36-28)30(34)25-16-24(8-9-27(25)31-21)35-19-22-5-3-2-4-6-22/h2-10,15-16H,11-14,17-20H2,1H3,(H,31,34)/p+2. The van der Waals surface area contributed by atoms with Crippen molar-refractivity contribution in [2.45, 2.75) is 26.6 Å². The van der Waals surface area contributed by atoms with Crippen LogP contribution in [-0.4, -0.2) is 38.0 Å². The van der Waals surface area contributed by atoms with Crippen LogP contribution in [0.25, 0.3) is 10.9 Å². The summed E-state index contributed by atoms with van der Waals surface area (Å²) in [5, 5.41) is 0.692. The second-order valence-electron chi connectivity index (χ2n) is 10.1. The maximum atomic E-state index is 13.5. The van der Waals surface area contributed by atoms with E-state index < -0.39 is 0 Å².